The zero-order valence-corrected chi connectivity index (χ0v) is 26.5. The number of H-pyrrole nitrogens is 1. The first kappa shape index (κ1) is 31.9. The van der Waals surface area contributed by atoms with Crippen molar-refractivity contribution in [3.63, 3.8) is 0 Å². The van der Waals surface area contributed by atoms with Crippen LogP contribution in [0.1, 0.15) is 94.3 Å². The normalized spacial score (nSPS) is 11.3. The Labute approximate surface area is 264 Å². The van der Waals surface area contributed by atoms with Crippen LogP contribution in [-0.4, -0.2) is 38.9 Å². The van der Waals surface area contributed by atoms with Crippen molar-refractivity contribution in [2.75, 3.05) is 19.0 Å². The van der Waals surface area contributed by atoms with Gasteiger partial charge in [-0.1, -0.05) is 89.7 Å². The smallest absolute Gasteiger partial charge is 0.338 e. The number of fused-ring (bicyclic) bond motifs is 3. The standard InChI is InChI=1S/C36H45N5O4/c1-3-4-5-6-7-8-9-10-11-12-13-16-25-45-36(43)27-19-20-32(44-2)30(26-27)37-34-33(40-23-21-28(42)22-24-40)35-38-29-17-14-15-18-31(29)41(35)39-34/h14-15,17-24,26,37,39H,3-13,16,25H2,1-2H3. The van der Waals surface area contributed by atoms with Crippen molar-refractivity contribution in [2.45, 2.75) is 84.0 Å². The number of aromatic amines is 1. The average molecular weight is 612 g/mol. The Bertz CT molecular complexity index is 1730. The highest BCUT2D eigenvalue weighted by Gasteiger charge is 2.20. The number of nitrogens with one attached hydrogen (secondary N) is 2. The third kappa shape index (κ3) is 8.15. The van der Waals surface area contributed by atoms with Crippen LogP contribution in [0.4, 0.5) is 11.5 Å². The number of aromatic nitrogens is 4. The van der Waals surface area contributed by atoms with Gasteiger partial charge in [-0.05, 0) is 36.8 Å². The molecule has 3 heterocycles. The first-order chi connectivity index (χ1) is 22.1. The lowest BCUT2D eigenvalue weighted by Crippen LogP contribution is -2.08. The van der Waals surface area contributed by atoms with Crippen molar-refractivity contribution in [3.05, 3.63) is 82.8 Å². The van der Waals surface area contributed by atoms with E-state index in [0.29, 0.717) is 40.8 Å². The van der Waals surface area contributed by atoms with Crippen LogP contribution in [0.25, 0.3) is 22.4 Å². The van der Waals surface area contributed by atoms with Crippen molar-refractivity contribution < 1.29 is 14.3 Å². The SMILES string of the molecule is CCCCCCCCCCCCCCOC(=O)c1ccc(OC)c(Nc2[nH]n3c(nc4ccccc43)c2-n2ccc(=O)cc2)c1. The fourth-order valence-corrected chi connectivity index (χ4v) is 5.73. The quantitative estimate of drug-likeness (QED) is 0.0760. The Kier molecular flexibility index (Phi) is 11.3. The number of methoxy groups -OCH3 is 1. The van der Waals surface area contributed by atoms with Crippen LogP contribution in [0.2, 0.25) is 0 Å². The van der Waals surface area contributed by atoms with Crippen LogP contribution in [0.15, 0.2) is 71.8 Å². The number of para-hydroxylation sites is 2. The van der Waals surface area contributed by atoms with Crippen molar-refractivity contribution in [1.29, 1.82) is 0 Å². The molecule has 0 atom stereocenters. The summed E-state index contributed by atoms with van der Waals surface area (Å²) in [5.41, 5.74) is 4.08. The molecule has 2 aromatic carbocycles. The summed E-state index contributed by atoms with van der Waals surface area (Å²) in [6, 6.07) is 16.1. The van der Waals surface area contributed by atoms with Crippen LogP contribution >= 0.6 is 0 Å². The number of hydrogen-bond acceptors (Lipinski definition) is 6. The highest BCUT2D eigenvalue weighted by atomic mass is 16.5. The lowest BCUT2D eigenvalue weighted by molar-refractivity contribution is 0.0497. The number of imidazole rings is 1. The van der Waals surface area contributed by atoms with E-state index in [4.69, 9.17) is 14.5 Å². The fraction of sp³-hybridized carbons (Fsp3) is 0.417. The van der Waals surface area contributed by atoms with E-state index in [1.165, 1.54) is 76.3 Å². The van der Waals surface area contributed by atoms with Crippen LogP contribution in [0.3, 0.4) is 0 Å². The molecule has 0 aliphatic heterocycles. The maximum Gasteiger partial charge on any atom is 0.338 e. The Morgan fingerprint density at radius 1 is 0.867 bits per heavy atom. The van der Waals surface area contributed by atoms with E-state index in [2.05, 4.69) is 17.3 Å². The van der Waals surface area contributed by atoms with Crippen molar-refractivity contribution >= 4 is 34.2 Å². The fourth-order valence-electron chi connectivity index (χ4n) is 5.73. The molecule has 0 aliphatic carbocycles. The van der Waals surface area contributed by atoms with Crippen LogP contribution < -0.4 is 15.5 Å². The van der Waals surface area contributed by atoms with E-state index in [0.717, 1.165) is 23.9 Å². The van der Waals surface area contributed by atoms with E-state index in [9.17, 15) is 9.59 Å². The van der Waals surface area contributed by atoms with Crippen molar-refractivity contribution in [3.8, 4) is 11.4 Å². The maximum absolute atomic E-state index is 13.0. The number of rotatable bonds is 18. The molecule has 0 fully saturated rings. The monoisotopic (exact) mass is 611 g/mol. The molecule has 0 saturated heterocycles. The van der Waals surface area contributed by atoms with Gasteiger partial charge in [0.25, 0.3) is 0 Å². The minimum atomic E-state index is -0.364. The summed E-state index contributed by atoms with van der Waals surface area (Å²) in [5, 5.41) is 6.81. The number of carbonyl (C=O) groups excluding carboxylic acids is 1. The molecule has 0 unspecified atom stereocenters. The summed E-state index contributed by atoms with van der Waals surface area (Å²) in [6.07, 6.45) is 18.5. The van der Waals surface area contributed by atoms with E-state index >= 15 is 0 Å². The lowest BCUT2D eigenvalue weighted by Gasteiger charge is -2.14. The highest BCUT2D eigenvalue weighted by Crippen LogP contribution is 2.34. The van der Waals surface area contributed by atoms with Gasteiger partial charge in [-0.15, -0.1) is 0 Å². The third-order valence-corrected chi connectivity index (χ3v) is 8.22. The van der Waals surface area contributed by atoms with Gasteiger partial charge in [0, 0.05) is 24.5 Å². The van der Waals surface area contributed by atoms with Gasteiger partial charge in [0.2, 0.25) is 0 Å². The van der Waals surface area contributed by atoms with Crippen LogP contribution in [0, 0.1) is 0 Å². The van der Waals surface area contributed by atoms with E-state index < -0.39 is 0 Å². The molecule has 0 radical (unpaired) electrons. The molecule has 9 nitrogen and oxygen atoms in total. The second-order valence-corrected chi connectivity index (χ2v) is 11.6. The zero-order valence-electron chi connectivity index (χ0n) is 26.5. The number of carbonyl (C=O) groups is 1. The Morgan fingerprint density at radius 3 is 2.22 bits per heavy atom. The molecule has 0 saturated carbocycles. The highest BCUT2D eigenvalue weighted by molar-refractivity contribution is 5.92. The summed E-state index contributed by atoms with van der Waals surface area (Å²) >= 11 is 0. The number of nitrogens with zero attached hydrogens (tertiary/aromatic N) is 3. The molecule has 0 aliphatic rings. The number of hydrogen-bond donors (Lipinski definition) is 2. The van der Waals surface area contributed by atoms with Gasteiger partial charge >= 0.3 is 5.97 Å². The van der Waals surface area contributed by atoms with Gasteiger partial charge in [0.15, 0.2) is 16.9 Å². The summed E-state index contributed by atoms with van der Waals surface area (Å²) < 4.78 is 15.0. The molecular formula is C36H45N5O4. The van der Waals surface area contributed by atoms with Gasteiger partial charge in [-0.3, -0.25) is 9.89 Å². The molecule has 3 aromatic heterocycles. The molecule has 0 bridgehead atoms. The number of esters is 1. The van der Waals surface area contributed by atoms with Gasteiger partial charge in [0.1, 0.15) is 11.4 Å². The molecule has 0 amide bonds. The minimum absolute atomic E-state index is 0.0859. The maximum atomic E-state index is 13.0. The average Bonchev–Trinajstić information content (AvgIpc) is 3.59. The van der Waals surface area contributed by atoms with E-state index in [1.807, 2.05) is 33.3 Å². The van der Waals surface area contributed by atoms with Gasteiger partial charge in [-0.25, -0.2) is 14.3 Å². The zero-order chi connectivity index (χ0) is 31.4. The van der Waals surface area contributed by atoms with Crippen LogP contribution in [0.5, 0.6) is 5.75 Å². The van der Waals surface area contributed by atoms with Crippen LogP contribution in [-0.2, 0) is 4.74 Å². The second-order valence-electron chi connectivity index (χ2n) is 11.6. The van der Waals surface area contributed by atoms with Crippen molar-refractivity contribution in [2.24, 2.45) is 0 Å². The minimum Gasteiger partial charge on any atom is -0.495 e. The Hall–Kier alpha value is -4.53. The van der Waals surface area contributed by atoms with Gasteiger partial charge < -0.3 is 19.4 Å². The number of benzene rings is 2. The molecule has 5 aromatic rings. The molecule has 238 valence electrons. The number of pyridine rings is 1. The van der Waals surface area contributed by atoms with Gasteiger partial charge in [-0.2, -0.15) is 0 Å². The first-order valence-corrected chi connectivity index (χ1v) is 16.4. The number of ether oxygens (including phenoxy) is 2. The van der Waals surface area contributed by atoms with E-state index in [1.54, 1.807) is 37.7 Å². The topological polar surface area (TPSA) is 103 Å². The first-order valence-electron chi connectivity index (χ1n) is 16.4. The molecule has 0 spiro atoms. The second kappa shape index (κ2) is 16.0. The molecule has 5 rings (SSSR count). The molecular weight excluding hydrogens is 566 g/mol. The predicted octanol–water partition coefficient (Wildman–Crippen LogP) is 8.58. The van der Waals surface area contributed by atoms with Crippen molar-refractivity contribution in [1.82, 2.24) is 19.2 Å². The van der Waals surface area contributed by atoms with E-state index in [-0.39, 0.29) is 11.4 Å². The lowest BCUT2D eigenvalue weighted by atomic mass is 10.1. The molecule has 9 heteroatoms. The number of anilines is 2. The largest absolute Gasteiger partial charge is 0.495 e. The Morgan fingerprint density at radius 2 is 1.53 bits per heavy atom. The third-order valence-electron chi connectivity index (χ3n) is 8.22. The molecule has 45 heavy (non-hydrogen) atoms. The summed E-state index contributed by atoms with van der Waals surface area (Å²) in [5.74, 6) is 0.819. The molecule has 2 N–H and O–H groups in total. The number of unbranched alkanes of at least 4 members (excludes halogenated alkanes) is 11. The summed E-state index contributed by atoms with van der Waals surface area (Å²) in [4.78, 5) is 29.7. The Balaban J connectivity index is 1.21. The predicted molar refractivity (Wildman–Crippen MR) is 180 cm³/mol. The summed E-state index contributed by atoms with van der Waals surface area (Å²) in [7, 11) is 1.59. The van der Waals surface area contributed by atoms with Gasteiger partial charge in [0.05, 0.1) is 36.0 Å². The summed E-state index contributed by atoms with van der Waals surface area (Å²) in [6.45, 7) is 2.66.